The summed E-state index contributed by atoms with van der Waals surface area (Å²) in [6.45, 7) is 2.47. The van der Waals surface area contributed by atoms with E-state index < -0.39 is 0 Å². The number of nitrogens with two attached hydrogens (primary N) is 1. The van der Waals surface area contributed by atoms with Crippen molar-refractivity contribution in [3.63, 3.8) is 0 Å². The van der Waals surface area contributed by atoms with Crippen LogP contribution in [-0.4, -0.2) is 12.6 Å². The number of rotatable bonds is 4. The zero-order chi connectivity index (χ0) is 15.2. The maximum atomic E-state index is 11.8. The molecule has 2 aromatic carbocycles. The summed E-state index contributed by atoms with van der Waals surface area (Å²) in [6, 6.07) is 12.8. The van der Waals surface area contributed by atoms with Crippen molar-refractivity contribution in [3.05, 3.63) is 58.6 Å². The number of halogens is 1. The Hall–Kier alpha value is -2.20. The first-order valence-corrected chi connectivity index (χ1v) is 7.08. The summed E-state index contributed by atoms with van der Waals surface area (Å²) in [5.41, 5.74) is 9.14. The minimum Gasteiger partial charge on any atom is -0.399 e. The molecule has 0 spiro atoms. The zero-order valence-electron chi connectivity index (χ0n) is 11.8. The van der Waals surface area contributed by atoms with Gasteiger partial charge in [0.2, 0.25) is 0 Å². The van der Waals surface area contributed by atoms with E-state index in [1.165, 1.54) is 0 Å². The van der Waals surface area contributed by atoms with Gasteiger partial charge in [-0.1, -0.05) is 29.8 Å². The number of hydrogen-bond acceptors (Lipinski definition) is 2. The van der Waals surface area contributed by atoms with Gasteiger partial charge in [0.05, 0.1) is 0 Å². The average molecular weight is 304 g/mol. The summed E-state index contributed by atoms with van der Waals surface area (Å²) in [7, 11) is 0. The molecular weight excluding hydrogens is 286 g/mol. The van der Waals surface area contributed by atoms with Crippen LogP contribution in [0.4, 0.5) is 16.2 Å². The number of amides is 2. The Morgan fingerprint density at radius 3 is 2.57 bits per heavy atom. The molecule has 21 heavy (non-hydrogen) atoms. The van der Waals surface area contributed by atoms with Gasteiger partial charge >= 0.3 is 6.03 Å². The molecule has 0 unspecified atom stereocenters. The number of anilines is 2. The third kappa shape index (κ3) is 4.68. The Morgan fingerprint density at radius 2 is 1.90 bits per heavy atom. The SMILES string of the molecule is Cc1ccc(NC(=O)NCCc2ccc(N)cc2)cc1Cl. The monoisotopic (exact) mass is 303 g/mol. The van der Waals surface area contributed by atoms with Gasteiger partial charge in [0.1, 0.15) is 0 Å². The molecule has 0 aliphatic carbocycles. The highest BCUT2D eigenvalue weighted by Crippen LogP contribution is 2.19. The van der Waals surface area contributed by atoms with Gasteiger partial charge in [-0.2, -0.15) is 0 Å². The molecule has 0 saturated carbocycles. The number of urea groups is 1. The van der Waals surface area contributed by atoms with Crippen molar-refractivity contribution in [3.8, 4) is 0 Å². The molecule has 0 heterocycles. The van der Waals surface area contributed by atoms with Crippen LogP contribution in [0.1, 0.15) is 11.1 Å². The lowest BCUT2D eigenvalue weighted by atomic mass is 10.1. The van der Waals surface area contributed by atoms with Gasteiger partial charge in [-0.3, -0.25) is 0 Å². The zero-order valence-corrected chi connectivity index (χ0v) is 12.6. The van der Waals surface area contributed by atoms with E-state index in [0.29, 0.717) is 17.3 Å². The van der Waals surface area contributed by atoms with Crippen molar-refractivity contribution in [2.24, 2.45) is 0 Å². The van der Waals surface area contributed by atoms with E-state index >= 15 is 0 Å². The van der Waals surface area contributed by atoms with E-state index in [1.54, 1.807) is 6.07 Å². The summed E-state index contributed by atoms with van der Waals surface area (Å²) in [6.07, 6.45) is 0.752. The second kappa shape index (κ2) is 6.99. The van der Waals surface area contributed by atoms with Gasteiger partial charge in [-0.05, 0) is 48.7 Å². The molecule has 0 saturated heterocycles. The molecule has 0 atom stereocenters. The first-order chi connectivity index (χ1) is 10.0. The first-order valence-electron chi connectivity index (χ1n) is 6.70. The highest BCUT2D eigenvalue weighted by molar-refractivity contribution is 6.31. The summed E-state index contributed by atoms with van der Waals surface area (Å²) in [5.74, 6) is 0. The van der Waals surface area contributed by atoms with Gasteiger partial charge in [0.15, 0.2) is 0 Å². The number of carbonyl (C=O) groups is 1. The summed E-state index contributed by atoms with van der Waals surface area (Å²) >= 11 is 6.01. The van der Waals surface area contributed by atoms with E-state index in [1.807, 2.05) is 43.3 Å². The summed E-state index contributed by atoms with van der Waals surface area (Å²) in [4.78, 5) is 11.8. The van der Waals surface area contributed by atoms with Crippen LogP contribution in [0.3, 0.4) is 0 Å². The second-order valence-corrected chi connectivity index (χ2v) is 5.24. The van der Waals surface area contributed by atoms with Crippen molar-refractivity contribution >= 4 is 29.0 Å². The molecule has 4 N–H and O–H groups in total. The molecule has 2 amide bonds. The first kappa shape index (κ1) is 15.2. The quantitative estimate of drug-likeness (QED) is 0.756. The number of carbonyl (C=O) groups excluding carboxylic acids is 1. The molecule has 0 aromatic heterocycles. The number of hydrogen-bond donors (Lipinski definition) is 3. The van der Waals surface area contributed by atoms with Crippen LogP contribution in [-0.2, 0) is 6.42 Å². The van der Waals surface area contributed by atoms with E-state index in [-0.39, 0.29) is 6.03 Å². The van der Waals surface area contributed by atoms with Crippen LogP contribution in [0.25, 0.3) is 0 Å². The molecular formula is C16H18ClN3O. The van der Waals surface area contributed by atoms with Gasteiger partial charge in [-0.25, -0.2) is 4.79 Å². The average Bonchev–Trinajstić information content (AvgIpc) is 2.45. The fourth-order valence-electron chi connectivity index (χ4n) is 1.85. The largest absolute Gasteiger partial charge is 0.399 e. The third-order valence-electron chi connectivity index (χ3n) is 3.11. The van der Waals surface area contributed by atoms with Crippen LogP contribution in [0.15, 0.2) is 42.5 Å². The molecule has 0 bridgehead atoms. The van der Waals surface area contributed by atoms with Crippen molar-refractivity contribution in [2.45, 2.75) is 13.3 Å². The van der Waals surface area contributed by atoms with Gasteiger partial charge in [0, 0.05) is 22.9 Å². The van der Waals surface area contributed by atoms with Crippen molar-refractivity contribution in [1.29, 1.82) is 0 Å². The fourth-order valence-corrected chi connectivity index (χ4v) is 2.03. The predicted molar refractivity (Wildman–Crippen MR) is 87.8 cm³/mol. The van der Waals surface area contributed by atoms with Crippen LogP contribution in [0, 0.1) is 6.92 Å². The van der Waals surface area contributed by atoms with Crippen LogP contribution in [0.2, 0.25) is 5.02 Å². The Kier molecular flexibility index (Phi) is 5.06. The Balaban J connectivity index is 1.79. The van der Waals surface area contributed by atoms with Crippen LogP contribution in [0.5, 0.6) is 0 Å². The van der Waals surface area contributed by atoms with Crippen LogP contribution >= 0.6 is 11.6 Å². The number of benzene rings is 2. The van der Waals surface area contributed by atoms with E-state index in [9.17, 15) is 4.79 Å². The van der Waals surface area contributed by atoms with Gasteiger partial charge in [-0.15, -0.1) is 0 Å². The molecule has 0 radical (unpaired) electrons. The van der Waals surface area contributed by atoms with Crippen molar-refractivity contribution in [2.75, 3.05) is 17.6 Å². The van der Waals surface area contributed by atoms with Crippen molar-refractivity contribution in [1.82, 2.24) is 5.32 Å². The van der Waals surface area contributed by atoms with Gasteiger partial charge < -0.3 is 16.4 Å². The van der Waals surface area contributed by atoms with E-state index in [4.69, 9.17) is 17.3 Å². The normalized spacial score (nSPS) is 10.2. The number of aryl methyl sites for hydroxylation is 1. The molecule has 0 aliphatic rings. The molecule has 4 nitrogen and oxygen atoms in total. The lowest BCUT2D eigenvalue weighted by Crippen LogP contribution is -2.30. The van der Waals surface area contributed by atoms with Crippen LogP contribution < -0.4 is 16.4 Å². The molecule has 0 aliphatic heterocycles. The Morgan fingerprint density at radius 1 is 1.19 bits per heavy atom. The molecule has 2 aromatic rings. The number of nitrogens with one attached hydrogen (secondary N) is 2. The second-order valence-electron chi connectivity index (χ2n) is 4.84. The van der Waals surface area contributed by atoms with E-state index in [0.717, 1.165) is 23.2 Å². The predicted octanol–water partition coefficient (Wildman–Crippen LogP) is 3.59. The summed E-state index contributed by atoms with van der Waals surface area (Å²) < 4.78 is 0. The highest BCUT2D eigenvalue weighted by Gasteiger charge is 2.03. The molecule has 5 heteroatoms. The van der Waals surface area contributed by atoms with Crippen molar-refractivity contribution < 1.29 is 4.79 Å². The minimum absolute atomic E-state index is 0.245. The summed E-state index contributed by atoms with van der Waals surface area (Å²) in [5, 5.41) is 6.19. The fraction of sp³-hybridized carbons (Fsp3) is 0.188. The standard InChI is InChI=1S/C16H18ClN3O/c1-11-2-7-14(10-15(11)17)20-16(21)19-9-8-12-3-5-13(18)6-4-12/h2-7,10H,8-9,18H2,1H3,(H2,19,20,21). The number of nitrogen functional groups attached to an aromatic ring is 1. The van der Waals surface area contributed by atoms with E-state index in [2.05, 4.69) is 10.6 Å². The maximum Gasteiger partial charge on any atom is 0.319 e. The van der Waals surface area contributed by atoms with Gasteiger partial charge in [0.25, 0.3) is 0 Å². The molecule has 0 fully saturated rings. The molecule has 2 rings (SSSR count). The molecule has 110 valence electrons. The Labute approximate surface area is 129 Å². The smallest absolute Gasteiger partial charge is 0.319 e. The highest BCUT2D eigenvalue weighted by atomic mass is 35.5. The topological polar surface area (TPSA) is 67.2 Å². The lowest BCUT2D eigenvalue weighted by Gasteiger charge is -2.09. The lowest BCUT2D eigenvalue weighted by molar-refractivity contribution is 0.252. The third-order valence-corrected chi connectivity index (χ3v) is 3.52. The Bertz CT molecular complexity index is 626. The maximum absolute atomic E-state index is 11.8. The minimum atomic E-state index is -0.245.